The number of carbonyl (C=O) groups is 2. The maximum atomic E-state index is 12.7. The van der Waals surface area contributed by atoms with Gasteiger partial charge in [-0.25, -0.2) is 4.57 Å². The van der Waals surface area contributed by atoms with Crippen molar-refractivity contribution in [3.63, 3.8) is 0 Å². The highest BCUT2D eigenvalue weighted by molar-refractivity contribution is 7.47. The minimum absolute atomic E-state index is 0.00584. The molecule has 0 spiro atoms. The van der Waals surface area contributed by atoms with Crippen molar-refractivity contribution in [3.8, 4) is 0 Å². The largest absolute Gasteiger partial charge is 0.472 e. The summed E-state index contributed by atoms with van der Waals surface area (Å²) in [5.41, 5.74) is 2.65. The van der Waals surface area contributed by atoms with E-state index in [0.717, 1.165) is 82.8 Å². The van der Waals surface area contributed by atoms with Gasteiger partial charge in [0.25, 0.3) is 0 Å². The lowest BCUT2D eigenvalue weighted by Gasteiger charge is -2.24. The Balaban J connectivity index is 2.38. The summed E-state index contributed by atoms with van der Waals surface area (Å²) in [6, 6.07) is 0. The Labute approximate surface area is 376 Å². The third kappa shape index (κ3) is 32.0. The van der Waals surface area contributed by atoms with Crippen LogP contribution in [0.15, 0.2) is 53.0 Å². The first-order valence-corrected chi connectivity index (χ1v) is 25.3. The maximum Gasteiger partial charge on any atom is 0.472 e. The van der Waals surface area contributed by atoms with Crippen LogP contribution >= 0.6 is 7.82 Å². The van der Waals surface area contributed by atoms with Crippen LogP contribution in [0.2, 0.25) is 0 Å². The Hall–Kier alpha value is -2.79. The molecule has 0 amide bonds. The molecule has 62 heavy (non-hydrogen) atoms. The molecule has 356 valence electrons. The van der Waals surface area contributed by atoms with E-state index in [-0.39, 0.29) is 32.2 Å². The predicted octanol–water partition coefficient (Wildman–Crippen LogP) is 12.1. The number of hydrogen-bond donors (Lipinski definition) is 2. The molecule has 3 atom stereocenters. The lowest BCUT2D eigenvalue weighted by molar-refractivity contribution is -0.870. The van der Waals surface area contributed by atoms with Crippen LogP contribution in [0.3, 0.4) is 0 Å². The summed E-state index contributed by atoms with van der Waals surface area (Å²) in [5.74, 6) is 1.42. The first kappa shape index (κ1) is 57.2. The highest BCUT2D eigenvalue weighted by atomic mass is 31.2. The molecular formula is C50H87NO10P+. The number of esters is 2. The number of unbranched alkanes of at least 4 members (excludes halogenated alkanes) is 11. The van der Waals surface area contributed by atoms with Gasteiger partial charge < -0.3 is 28.4 Å². The van der Waals surface area contributed by atoms with Gasteiger partial charge in [0.05, 0.1) is 33.9 Å². The van der Waals surface area contributed by atoms with Crippen molar-refractivity contribution in [2.24, 2.45) is 0 Å². The highest BCUT2D eigenvalue weighted by Gasteiger charge is 2.27. The molecule has 0 radical (unpaired) electrons. The molecule has 1 unspecified atom stereocenters. The fourth-order valence-electron chi connectivity index (χ4n) is 6.56. The molecule has 1 rings (SSSR count). The molecule has 1 aromatic heterocycles. The Kier molecular flexibility index (Phi) is 32.8. The number of phosphoric ester groups is 1. The molecule has 0 fully saturated rings. The summed E-state index contributed by atoms with van der Waals surface area (Å²) in [4.78, 5) is 35.5. The minimum Gasteiger partial charge on any atom is -0.466 e. The monoisotopic (exact) mass is 893 g/mol. The number of likely N-dealkylation sites (N-methyl/N-ethyl adjacent to an activating group) is 1. The Morgan fingerprint density at radius 3 is 1.81 bits per heavy atom. The Bertz CT molecular complexity index is 1490. The van der Waals surface area contributed by atoms with Crippen molar-refractivity contribution in [1.82, 2.24) is 0 Å². The van der Waals surface area contributed by atoms with Crippen molar-refractivity contribution in [2.75, 3.05) is 47.5 Å². The van der Waals surface area contributed by atoms with Crippen LogP contribution in [0, 0.1) is 13.8 Å². The molecule has 2 N–H and O–H groups in total. The number of hydrogen-bond acceptors (Lipinski definition) is 9. The van der Waals surface area contributed by atoms with Crippen molar-refractivity contribution in [2.45, 2.75) is 188 Å². The van der Waals surface area contributed by atoms with Crippen LogP contribution in [0.1, 0.15) is 171 Å². The van der Waals surface area contributed by atoms with Gasteiger partial charge in [-0.3, -0.25) is 18.6 Å². The van der Waals surface area contributed by atoms with Crippen LogP contribution in [0.5, 0.6) is 0 Å². The Morgan fingerprint density at radius 1 is 0.677 bits per heavy atom. The van der Waals surface area contributed by atoms with Crippen LogP contribution in [0.25, 0.3) is 0 Å². The summed E-state index contributed by atoms with van der Waals surface area (Å²) >= 11 is 0. The van der Waals surface area contributed by atoms with Gasteiger partial charge in [0.2, 0.25) is 0 Å². The van der Waals surface area contributed by atoms with E-state index in [1.807, 2.05) is 39.4 Å². The number of allylic oxidation sites excluding steroid dienone is 7. The zero-order valence-electron chi connectivity index (χ0n) is 39.9. The summed E-state index contributed by atoms with van der Waals surface area (Å²) in [6.45, 7) is 8.49. The molecule has 1 aromatic rings. The van der Waals surface area contributed by atoms with Crippen LogP contribution in [-0.4, -0.2) is 86.1 Å². The van der Waals surface area contributed by atoms with E-state index in [4.69, 9.17) is 22.9 Å². The third-order valence-corrected chi connectivity index (χ3v) is 11.6. The average molecular weight is 893 g/mol. The first-order chi connectivity index (χ1) is 29.7. The number of ether oxygens (including phenoxy) is 2. The van der Waals surface area contributed by atoms with E-state index in [2.05, 4.69) is 58.1 Å². The van der Waals surface area contributed by atoms with E-state index in [9.17, 15) is 24.2 Å². The normalized spacial score (nSPS) is 14.4. The second kappa shape index (κ2) is 35.5. The van der Waals surface area contributed by atoms with Gasteiger partial charge in [0.15, 0.2) is 6.10 Å². The molecule has 0 aliphatic carbocycles. The van der Waals surface area contributed by atoms with Gasteiger partial charge in [0, 0.05) is 25.7 Å². The van der Waals surface area contributed by atoms with Crippen LogP contribution < -0.4 is 0 Å². The van der Waals surface area contributed by atoms with Crippen LogP contribution in [-0.2, 0) is 45.5 Å². The number of rotatable bonds is 39. The predicted molar refractivity (Wildman–Crippen MR) is 252 cm³/mol. The third-order valence-electron chi connectivity index (χ3n) is 10.6. The van der Waals surface area contributed by atoms with Gasteiger partial charge >= 0.3 is 19.8 Å². The lowest BCUT2D eigenvalue weighted by atomic mass is 10.0. The molecule has 11 nitrogen and oxygen atoms in total. The molecule has 0 aromatic carbocycles. The van der Waals surface area contributed by atoms with Gasteiger partial charge in [-0.15, -0.1) is 0 Å². The summed E-state index contributed by atoms with van der Waals surface area (Å²) < 4.78 is 40.6. The maximum absolute atomic E-state index is 12.7. The van der Waals surface area contributed by atoms with Gasteiger partial charge in [-0.05, 0) is 82.8 Å². The summed E-state index contributed by atoms with van der Waals surface area (Å²) in [5, 5.41) is 9.84. The zero-order chi connectivity index (χ0) is 45.9. The SMILES string of the molecule is CCCCCc1oc(CCCCCCCCCCC(=O)OC[C@H](COP(=O)(O)OCC[N+](C)(C)C)OC(=O)CCC/C=C\C/C=C\C/C=C\C/C=C\[C@H](O)CCCC)c(C)c1C. The van der Waals surface area contributed by atoms with Crippen molar-refractivity contribution >= 4 is 19.8 Å². The van der Waals surface area contributed by atoms with Crippen molar-refractivity contribution < 1.29 is 51.6 Å². The number of carbonyl (C=O) groups excluding carboxylic acids is 2. The number of nitrogens with zero attached hydrogens (tertiary/aromatic N) is 1. The quantitative estimate of drug-likeness (QED) is 0.0216. The number of furan rings is 1. The zero-order valence-corrected chi connectivity index (χ0v) is 40.8. The van der Waals surface area contributed by atoms with E-state index in [1.54, 1.807) is 0 Å². The molecule has 1 heterocycles. The number of phosphoric acid groups is 1. The van der Waals surface area contributed by atoms with E-state index >= 15 is 0 Å². The molecule has 0 saturated carbocycles. The topological polar surface area (TPSA) is 142 Å². The first-order valence-electron chi connectivity index (χ1n) is 23.8. The Morgan fingerprint density at radius 2 is 1.21 bits per heavy atom. The second-order valence-electron chi connectivity index (χ2n) is 17.5. The number of aliphatic hydroxyl groups excluding tert-OH is 1. The van der Waals surface area contributed by atoms with Gasteiger partial charge in [-0.2, -0.15) is 0 Å². The fraction of sp³-hybridized carbons (Fsp3) is 0.720. The van der Waals surface area contributed by atoms with Gasteiger partial charge in [0.1, 0.15) is 31.3 Å². The highest BCUT2D eigenvalue weighted by Crippen LogP contribution is 2.43. The van der Waals surface area contributed by atoms with E-state index in [0.29, 0.717) is 30.3 Å². The molecule has 0 aliphatic rings. The number of quaternary nitrogens is 1. The fourth-order valence-corrected chi connectivity index (χ4v) is 7.30. The van der Waals surface area contributed by atoms with E-state index in [1.165, 1.54) is 55.4 Å². The van der Waals surface area contributed by atoms with Gasteiger partial charge in [-0.1, -0.05) is 127 Å². The van der Waals surface area contributed by atoms with Crippen molar-refractivity contribution in [3.05, 3.63) is 71.3 Å². The van der Waals surface area contributed by atoms with Crippen molar-refractivity contribution in [1.29, 1.82) is 0 Å². The smallest absolute Gasteiger partial charge is 0.466 e. The number of aliphatic hydroxyl groups is 1. The molecule has 12 heteroatoms. The second-order valence-corrected chi connectivity index (χ2v) is 19.0. The molecule has 0 bridgehead atoms. The molecular weight excluding hydrogens is 806 g/mol. The molecule has 0 saturated heterocycles. The average Bonchev–Trinajstić information content (AvgIpc) is 3.49. The summed E-state index contributed by atoms with van der Waals surface area (Å²) in [7, 11) is 1.39. The lowest BCUT2D eigenvalue weighted by Crippen LogP contribution is -2.37. The summed E-state index contributed by atoms with van der Waals surface area (Å²) in [6.07, 6.45) is 36.1. The minimum atomic E-state index is -4.42. The van der Waals surface area contributed by atoms with E-state index < -0.39 is 32.5 Å². The number of aryl methyl sites for hydroxylation is 2. The van der Waals surface area contributed by atoms with Crippen LogP contribution in [0.4, 0.5) is 0 Å². The standard InChI is InChI=1S/C50H86NO10P/c1-8-10-28-35-47-43(3)44(4)48(61-47)36-30-25-21-18-19-22-26-31-37-49(53)57-41-46(42-59-62(55,56)58-40-39-51(5,6)7)60-50(54)38-32-27-23-17-15-13-12-14-16-20-24-29-34-45(52)33-11-9-2/h12-13,16-17,20,23,29,34,45-46,52H,8-11,14-15,18-19,21-22,24-28,30-33,35-42H2,1-7H3/p+1/b13-12-,20-16-,23-17-,34-29-/t45-,46-/m1/s1. The molecule has 0 aliphatic heterocycles.